The van der Waals surface area contributed by atoms with Crippen LogP contribution < -0.4 is 5.32 Å². The van der Waals surface area contributed by atoms with Crippen LogP contribution in [0.1, 0.15) is 44.9 Å². The topological polar surface area (TPSA) is 106 Å². The molecule has 8 heteroatoms. The summed E-state index contributed by atoms with van der Waals surface area (Å²) in [5.41, 5.74) is 8.52. The molecule has 1 saturated heterocycles. The van der Waals surface area contributed by atoms with Crippen LogP contribution in [0.5, 0.6) is 0 Å². The van der Waals surface area contributed by atoms with E-state index >= 15 is 0 Å². The van der Waals surface area contributed by atoms with Gasteiger partial charge < -0.3 is 19.5 Å². The molecule has 4 bridgehead atoms. The molecule has 25 heavy (non-hydrogen) atoms. The molecule has 1 aliphatic heterocycles. The molecule has 1 amide bonds. The monoisotopic (exact) mass is 350 g/mol. The van der Waals surface area contributed by atoms with Gasteiger partial charge in [0, 0.05) is 18.1 Å². The molecule has 1 heterocycles. The third kappa shape index (κ3) is 3.30. The summed E-state index contributed by atoms with van der Waals surface area (Å²) in [4.78, 5) is 15.5. The van der Waals surface area contributed by atoms with Crippen molar-refractivity contribution >= 4 is 6.09 Å². The summed E-state index contributed by atoms with van der Waals surface area (Å²) < 4.78 is 16.7. The maximum Gasteiger partial charge on any atom is 0.407 e. The zero-order chi connectivity index (χ0) is 17.4. The van der Waals surface area contributed by atoms with Gasteiger partial charge in [-0.2, -0.15) is 0 Å². The summed E-state index contributed by atoms with van der Waals surface area (Å²) >= 11 is 0. The van der Waals surface area contributed by atoms with Gasteiger partial charge in [-0.15, -0.1) is 0 Å². The summed E-state index contributed by atoms with van der Waals surface area (Å²) in [6.45, 7) is 0.443. The van der Waals surface area contributed by atoms with Crippen molar-refractivity contribution in [2.45, 2.75) is 68.9 Å². The van der Waals surface area contributed by atoms with E-state index in [4.69, 9.17) is 19.7 Å². The molecule has 4 aliphatic carbocycles. The lowest BCUT2D eigenvalue weighted by atomic mass is 9.54. The first-order chi connectivity index (χ1) is 12.1. The highest BCUT2D eigenvalue weighted by Gasteiger charge is 2.53. The van der Waals surface area contributed by atoms with Crippen molar-refractivity contribution in [1.82, 2.24) is 5.32 Å². The first-order valence-electron chi connectivity index (χ1n) is 9.29. The minimum absolute atomic E-state index is 0.279. The van der Waals surface area contributed by atoms with Crippen LogP contribution >= 0.6 is 0 Å². The number of carbonyl (C=O) groups is 1. The van der Waals surface area contributed by atoms with Gasteiger partial charge in [0.25, 0.3) is 0 Å². The molecule has 0 radical (unpaired) electrons. The molecule has 0 spiro atoms. The van der Waals surface area contributed by atoms with Gasteiger partial charge in [-0.05, 0) is 68.2 Å². The number of alkyl carbamates (subject to hydrolysis) is 1. The fourth-order valence-corrected chi connectivity index (χ4v) is 5.86. The van der Waals surface area contributed by atoms with Gasteiger partial charge in [0.2, 0.25) is 0 Å². The smallest absolute Gasteiger partial charge is 0.407 e. The predicted molar refractivity (Wildman–Crippen MR) is 88.6 cm³/mol. The van der Waals surface area contributed by atoms with E-state index in [0.29, 0.717) is 13.0 Å². The van der Waals surface area contributed by atoms with Crippen molar-refractivity contribution < 1.29 is 19.0 Å². The number of carbonyl (C=O) groups excluding carboxylic acids is 1. The molecular weight excluding hydrogens is 324 g/mol. The average Bonchev–Trinajstić information content (AvgIpc) is 2.54. The maximum absolute atomic E-state index is 12.6. The highest BCUT2D eigenvalue weighted by atomic mass is 16.7. The van der Waals surface area contributed by atoms with E-state index in [0.717, 1.165) is 37.0 Å². The Labute approximate surface area is 147 Å². The van der Waals surface area contributed by atoms with Crippen LogP contribution in [0.2, 0.25) is 0 Å². The Kier molecular flexibility index (Phi) is 4.52. The van der Waals surface area contributed by atoms with Crippen LogP contribution in [0.3, 0.4) is 0 Å². The lowest BCUT2D eigenvalue weighted by Gasteiger charge is -2.55. The van der Waals surface area contributed by atoms with E-state index in [2.05, 4.69) is 15.3 Å². The van der Waals surface area contributed by atoms with Gasteiger partial charge >= 0.3 is 6.09 Å². The Morgan fingerprint density at radius 2 is 1.88 bits per heavy atom. The second-order valence-corrected chi connectivity index (χ2v) is 8.20. The fourth-order valence-electron chi connectivity index (χ4n) is 5.86. The number of methoxy groups -OCH3 is 1. The van der Waals surface area contributed by atoms with E-state index in [1.54, 1.807) is 0 Å². The maximum atomic E-state index is 12.6. The zero-order valence-electron chi connectivity index (χ0n) is 14.6. The molecule has 0 aromatic carbocycles. The molecule has 1 N–H and O–H groups in total. The van der Waals surface area contributed by atoms with Gasteiger partial charge in [0.15, 0.2) is 6.29 Å². The Morgan fingerprint density at radius 1 is 1.24 bits per heavy atom. The minimum Gasteiger partial charge on any atom is -0.443 e. The highest BCUT2D eigenvalue weighted by molar-refractivity contribution is 5.68. The number of nitrogens with zero attached hydrogens (tertiary/aromatic N) is 3. The third-order valence-electron chi connectivity index (χ3n) is 6.41. The molecule has 0 aromatic rings. The molecule has 4 saturated carbocycles. The van der Waals surface area contributed by atoms with Gasteiger partial charge in [0.1, 0.15) is 11.6 Å². The van der Waals surface area contributed by atoms with Crippen LogP contribution in [-0.2, 0) is 14.2 Å². The van der Waals surface area contributed by atoms with E-state index in [9.17, 15) is 4.79 Å². The number of hydrogen-bond donors (Lipinski definition) is 1. The van der Waals surface area contributed by atoms with E-state index < -0.39 is 18.4 Å². The average molecular weight is 350 g/mol. The SMILES string of the molecule is CO[C@H]1OCC[C@H](NC(=O)OC23CC4CC(CC(C4)C2)C3)[C@@H]1N=[N+]=[N-]. The minimum atomic E-state index is -0.644. The highest BCUT2D eigenvalue weighted by Crippen LogP contribution is 2.57. The number of ether oxygens (including phenoxy) is 3. The molecule has 3 atom stereocenters. The number of rotatable bonds is 4. The molecule has 5 rings (SSSR count). The van der Waals surface area contributed by atoms with Crippen molar-refractivity contribution in [3.05, 3.63) is 10.4 Å². The largest absolute Gasteiger partial charge is 0.443 e. The van der Waals surface area contributed by atoms with Gasteiger partial charge in [0.05, 0.1) is 6.61 Å². The standard InChI is InChI=1S/C17H26N4O4/c1-23-15-14(20-21-18)13(2-3-24-15)19-16(22)25-17-7-10-4-11(8-17)6-12(5-10)9-17/h10-15H,2-9H2,1H3,(H,19,22)/t10?,11?,12?,13-,14-,15-,17?/m0/s1. The van der Waals surface area contributed by atoms with Gasteiger partial charge in [-0.25, -0.2) is 4.79 Å². The molecule has 5 aliphatic rings. The Bertz CT molecular complexity index is 542. The van der Waals surface area contributed by atoms with Crippen molar-refractivity contribution in [2.24, 2.45) is 22.9 Å². The van der Waals surface area contributed by atoms with Crippen molar-refractivity contribution in [1.29, 1.82) is 0 Å². The molecule has 5 fully saturated rings. The first-order valence-corrected chi connectivity index (χ1v) is 9.29. The van der Waals surface area contributed by atoms with Gasteiger partial charge in [-0.3, -0.25) is 0 Å². The summed E-state index contributed by atoms with van der Waals surface area (Å²) in [6, 6.07) is -0.927. The van der Waals surface area contributed by atoms with Crippen LogP contribution in [0.4, 0.5) is 4.79 Å². The van der Waals surface area contributed by atoms with Crippen LogP contribution in [-0.4, -0.2) is 43.8 Å². The van der Waals surface area contributed by atoms with Crippen molar-refractivity contribution in [2.75, 3.05) is 13.7 Å². The Morgan fingerprint density at radius 3 is 2.44 bits per heavy atom. The van der Waals surface area contributed by atoms with E-state index in [1.165, 1.54) is 26.4 Å². The van der Waals surface area contributed by atoms with Crippen LogP contribution in [0, 0.1) is 17.8 Å². The number of hydrogen-bond acceptors (Lipinski definition) is 5. The number of azide groups is 1. The lowest BCUT2D eigenvalue weighted by molar-refractivity contribution is -0.163. The van der Waals surface area contributed by atoms with Crippen molar-refractivity contribution in [3.63, 3.8) is 0 Å². The van der Waals surface area contributed by atoms with E-state index in [-0.39, 0.29) is 11.6 Å². The predicted octanol–water partition coefficient (Wildman–Crippen LogP) is 3.12. The molecule has 8 nitrogen and oxygen atoms in total. The van der Waals surface area contributed by atoms with E-state index in [1.807, 2.05) is 0 Å². The summed E-state index contributed by atoms with van der Waals surface area (Å²) in [7, 11) is 1.50. The van der Waals surface area contributed by atoms with Crippen LogP contribution in [0.25, 0.3) is 10.4 Å². The summed E-state index contributed by atoms with van der Waals surface area (Å²) in [5.74, 6) is 2.16. The normalized spacial score (nSPS) is 44.8. The lowest BCUT2D eigenvalue weighted by Crippen LogP contribution is -2.57. The Hall–Kier alpha value is -1.50. The third-order valence-corrected chi connectivity index (χ3v) is 6.41. The quantitative estimate of drug-likeness (QED) is 0.477. The molecule has 0 aromatic heterocycles. The second kappa shape index (κ2) is 6.67. The van der Waals surface area contributed by atoms with Gasteiger partial charge in [-0.1, -0.05) is 5.11 Å². The number of nitrogens with one attached hydrogen (secondary N) is 1. The first kappa shape index (κ1) is 16.9. The van der Waals surface area contributed by atoms with Crippen molar-refractivity contribution in [3.8, 4) is 0 Å². The molecular formula is C17H26N4O4. The second-order valence-electron chi connectivity index (χ2n) is 8.20. The molecule has 138 valence electrons. The summed E-state index contributed by atoms with van der Waals surface area (Å²) in [6.07, 6.45) is 6.44. The summed E-state index contributed by atoms with van der Waals surface area (Å²) in [5, 5.41) is 6.66. The fraction of sp³-hybridized carbons (Fsp3) is 0.941. The Balaban J connectivity index is 1.40. The van der Waals surface area contributed by atoms with Crippen LogP contribution in [0.15, 0.2) is 5.11 Å². The molecule has 0 unspecified atom stereocenters. The number of amides is 1. The zero-order valence-corrected chi connectivity index (χ0v) is 14.6.